The zero-order valence-electron chi connectivity index (χ0n) is 11.2. The third kappa shape index (κ3) is 2.73. The number of morpholine rings is 1. The van der Waals surface area contributed by atoms with Gasteiger partial charge in [-0.05, 0) is 19.2 Å². The van der Waals surface area contributed by atoms with E-state index in [0.29, 0.717) is 5.56 Å². The molecule has 0 bridgehead atoms. The molecule has 1 aromatic carbocycles. The first kappa shape index (κ1) is 13.3. The van der Waals surface area contributed by atoms with Crippen LogP contribution in [0.3, 0.4) is 0 Å². The van der Waals surface area contributed by atoms with Crippen LogP contribution in [0, 0.1) is 11.3 Å². The highest BCUT2D eigenvalue weighted by atomic mass is 32.1. The number of rotatable bonds is 2. The van der Waals surface area contributed by atoms with Crippen molar-refractivity contribution in [1.29, 1.82) is 5.26 Å². The molecule has 1 aromatic heterocycles. The van der Waals surface area contributed by atoms with Crippen LogP contribution in [-0.2, 0) is 4.74 Å². The Kier molecular flexibility index (Phi) is 3.79. The second-order valence-electron chi connectivity index (χ2n) is 4.88. The molecule has 0 N–H and O–H groups in total. The van der Waals surface area contributed by atoms with E-state index in [1.807, 2.05) is 24.3 Å². The normalized spacial score (nSPS) is 19.7. The van der Waals surface area contributed by atoms with Gasteiger partial charge in [0.15, 0.2) is 0 Å². The molecule has 1 unspecified atom stereocenters. The number of ether oxygens (including phenoxy) is 1. The minimum Gasteiger partial charge on any atom is -0.368 e. The molecule has 3 rings (SSSR count). The van der Waals surface area contributed by atoms with Crippen molar-refractivity contribution < 1.29 is 4.74 Å². The van der Waals surface area contributed by atoms with Gasteiger partial charge in [0.2, 0.25) is 0 Å². The molecule has 2 heterocycles. The Morgan fingerprint density at radius 1 is 1.40 bits per heavy atom. The number of hydrogen-bond acceptors (Lipinski definition) is 5. The van der Waals surface area contributed by atoms with Gasteiger partial charge in [0.05, 0.1) is 23.9 Å². The third-order valence-corrected chi connectivity index (χ3v) is 4.31. The Morgan fingerprint density at radius 3 is 2.90 bits per heavy atom. The lowest BCUT2D eigenvalue weighted by Crippen LogP contribution is -2.35. The van der Waals surface area contributed by atoms with Gasteiger partial charge in [-0.2, -0.15) is 5.26 Å². The molecule has 0 saturated carbocycles. The van der Waals surface area contributed by atoms with Crippen molar-refractivity contribution in [3.05, 3.63) is 40.2 Å². The van der Waals surface area contributed by atoms with E-state index in [1.54, 1.807) is 11.3 Å². The van der Waals surface area contributed by atoms with Crippen LogP contribution in [0.15, 0.2) is 29.6 Å². The molecule has 5 heteroatoms. The lowest BCUT2D eigenvalue weighted by molar-refractivity contribution is -0.0209. The molecule has 20 heavy (non-hydrogen) atoms. The summed E-state index contributed by atoms with van der Waals surface area (Å²) in [6.07, 6.45) is 0.0749. The molecule has 1 atom stereocenters. The summed E-state index contributed by atoms with van der Waals surface area (Å²) in [5, 5.41) is 11.9. The first-order valence-corrected chi connectivity index (χ1v) is 7.40. The van der Waals surface area contributed by atoms with Crippen molar-refractivity contribution in [2.75, 3.05) is 26.7 Å². The fourth-order valence-electron chi connectivity index (χ4n) is 2.21. The zero-order chi connectivity index (χ0) is 13.9. The van der Waals surface area contributed by atoms with E-state index in [-0.39, 0.29) is 6.10 Å². The van der Waals surface area contributed by atoms with Crippen LogP contribution in [0.5, 0.6) is 0 Å². The van der Waals surface area contributed by atoms with Crippen molar-refractivity contribution >= 4 is 11.3 Å². The smallest absolute Gasteiger partial charge is 0.124 e. The van der Waals surface area contributed by atoms with Crippen LogP contribution in [-0.4, -0.2) is 36.6 Å². The summed E-state index contributed by atoms with van der Waals surface area (Å²) in [6.45, 7) is 2.62. The van der Waals surface area contributed by atoms with Gasteiger partial charge < -0.3 is 9.64 Å². The van der Waals surface area contributed by atoms with E-state index in [2.05, 4.69) is 28.4 Å². The standard InChI is InChI=1S/C15H15N3OS/c1-18-6-7-19-14(9-18)15-17-13(10-20-15)12-4-2-11(8-16)3-5-12/h2-5,10,14H,6-7,9H2,1H3. The maximum atomic E-state index is 8.81. The van der Waals surface area contributed by atoms with E-state index < -0.39 is 0 Å². The number of thiazole rings is 1. The molecule has 0 radical (unpaired) electrons. The van der Waals surface area contributed by atoms with E-state index in [4.69, 9.17) is 10.00 Å². The summed E-state index contributed by atoms with van der Waals surface area (Å²) < 4.78 is 5.78. The number of aromatic nitrogens is 1. The van der Waals surface area contributed by atoms with Gasteiger partial charge >= 0.3 is 0 Å². The molecule has 0 amide bonds. The van der Waals surface area contributed by atoms with Gasteiger partial charge in [0.1, 0.15) is 11.1 Å². The third-order valence-electron chi connectivity index (χ3n) is 3.38. The van der Waals surface area contributed by atoms with Gasteiger partial charge in [-0.1, -0.05) is 12.1 Å². The average molecular weight is 285 g/mol. The van der Waals surface area contributed by atoms with Gasteiger partial charge in [0.25, 0.3) is 0 Å². The predicted molar refractivity (Wildman–Crippen MR) is 78.5 cm³/mol. The Labute approximate surface area is 122 Å². The highest BCUT2D eigenvalue weighted by Crippen LogP contribution is 2.29. The zero-order valence-corrected chi connectivity index (χ0v) is 12.1. The van der Waals surface area contributed by atoms with E-state index >= 15 is 0 Å². The minimum atomic E-state index is 0.0749. The average Bonchev–Trinajstić information content (AvgIpc) is 2.97. The van der Waals surface area contributed by atoms with E-state index in [1.165, 1.54) is 0 Å². The molecule has 1 aliphatic heterocycles. The van der Waals surface area contributed by atoms with Gasteiger partial charge in [0, 0.05) is 24.0 Å². The Hall–Kier alpha value is -1.74. The van der Waals surface area contributed by atoms with Gasteiger partial charge in [-0.3, -0.25) is 0 Å². The minimum absolute atomic E-state index is 0.0749. The summed E-state index contributed by atoms with van der Waals surface area (Å²) in [7, 11) is 2.10. The number of hydrogen-bond donors (Lipinski definition) is 0. The highest BCUT2D eigenvalue weighted by molar-refractivity contribution is 7.10. The second-order valence-corrected chi connectivity index (χ2v) is 5.77. The molecule has 1 fully saturated rings. The maximum absolute atomic E-state index is 8.81. The molecule has 1 aliphatic rings. The van der Waals surface area contributed by atoms with Crippen molar-refractivity contribution in [3.63, 3.8) is 0 Å². The SMILES string of the molecule is CN1CCOC(c2nc(-c3ccc(C#N)cc3)cs2)C1. The lowest BCUT2D eigenvalue weighted by Gasteiger charge is -2.28. The van der Waals surface area contributed by atoms with Crippen LogP contribution in [0.2, 0.25) is 0 Å². The number of nitrogens with zero attached hydrogens (tertiary/aromatic N) is 3. The number of benzene rings is 1. The predicted octanol–water partition coefficient (Wildman–Crippen LogP) is 2.68. The van der Waals surface area contributed by atoms with Crippen molar-refractivity contribution in [1.82, 2.24) is 9.88 Å². The van der Waals surface area contributed by atoms with Crippen molar-refractivity contribution in [2.24, 2.45) is 0 Å². The Morgan fingerprint density at radius 2 is 2.20 bits per heavy atom. The number of likely N-dealkylation sites (N-methyl/N-ethyl adjacent to an activating group) is 1. The fraction of sp³-hybridized carbons (Fsp3) is 0.333. The first-order chi connectivity index (χ1) is 9.76. The molecule has 0 aliphatic carbocycles. The molecule has 4 nitrogen and oxygen atoms in total. The van der Waals surface area contributed by atoms with E-state index in [0.717, 1.165) is 36.0 Å². The molecule has 1 saturated heterocycles. The first-order valence-electron chi connectivity index (χ1n) is 6.52. The topological polar surface area (TPSA) is 49.1 Å². The van der Waals surface area contributed by atoms with Crippen molar-refractivity contribution in [3.8, 4) is 17.3 Å². The Bertz CT molecular complexity index is 629. The van der Waals surface area contributed by atoms with Crippen LogP contribution in [0.4, 0.5) is 0 Å². The molecule has 102 valence electrons. The van der Waals surface area contributed by atoms with Gasteiger partial charge in [-0.15, -0.1) is 11.3 Å². The monoisotopic (exact) mass is 285 g/mol. The largest absolute Gasteiger partial charge is 0.368 e. The molecule has 2 aromatic rings. The maximum Gasteiger partial charge on any atom is 0.124 e. The summed E-state index contributed by atoms with van der Waals surface area (Å²) in [5.74, 6) is 0. The van der Waals surface area contributed by atoms with Crippen LogP contribution in [0.1, 0.15) is 16.7 Å². The van der Waals surface area contributed by atoms with Gasteiger partial charge in [-0.25, -0.2) is 4.98 Å². The van der Waals surface area contributed by atoms with Crippen LogP contribution < -0.4 is 0 Å². The summed E-state index contributed by atoms with van der Waals surface area (Å²) in [6, 6.07) is 9.63. The lowest BCUT2D eigenvalue weighted by atomic mass is 10.1. The van der Waals surface area contributed by atoms with E-state index in [9.17, 15) is 0 Å². The Balaban J connectivity index is 1.80. The molecule has 0 spiro atoms. The second kappa shape index (κ2) is 5.71. The van der Waals surface area contributed by atoms with Crippen molar-refractivity contribution in [2.45, 2.75) is 6.10 Å². The fourth-order valence-corrected chi connectivity index (χ4v) is 3.08. The highest BCUT2D eigenvalue weighted by Gasteiger charge is 2.22. The summed E-state index contributed by atoms with van der Waals surface area (Å²) in [5.41, 5.74) is 2.66. The van der Waals surface area contributed by atoms with Crippen LogP contribution in [0.25, 0.3) is 11.3 Å². The number of nitriles is 1. The van der Waals surface area contributed by atoms with Crippen LogP contribution >= 0.6 is 11.3 Å². The summed E-state index contributed by atoms with van der Waals surface area (Å²) >= 11 is 1.64. The summed E-state index contributed by atoms with van der Waals surface area (Å²) in [4.78, 5) is 6.94. The molecular weight excluding hydrogens is 270 g/mol. The molecular formula is C15H15N3OS. The quantitative estimate of drug-likeness (QED) is 0.851.